The van der Waals surface area contributed by atoms with Crippen molar-refractivity contribution in [1.29, 1.82) is 0 Å². The zero-order chi connectivity index (χ0) is 15.8. The number of hydrogen-bond acceptors (Lipinski definition) is 6. The summed E-state index contributed by atoms with van der Waals surface area (Å²) in [7, 11) is -3.48. The molecule has 0 spiro atoms. The summed E-state index contributed by atoms with van der Waals surface area (Å²) < 4.78 is 26.8. The highest BCUT2D eigenvalue weighted by atomic mass is 32.2. The van der Waals surface area contributed by atoms with Crippen LogP contribution in [0, 0.1) is 0 Å². The van der Waals surface area contributed by atoms with Gasteiger partial charge in [0.05, 0.1) is 4.90 Å². The van der Waals surface area contributed by atoms with Crippen LogP contribution in [0.3, 0.4) is 0 Å². The molecule has 1 aromatic rings. The molecule has 0 aromatic heterocycles. The van der Waals surface area contributed by atoms with E-state index in [4.69, 9.17) is 11.5 Å². The van der Waals surface area contributed by atoms with Crippen molar-refractivity contribution in [3.63, 3.8) is 0 Å². The van der Waals surface area contributed by atoms with Gasteiger partial charge in [-0.05, 0) is 36.6 Å². The van der Waals surface area contributed by atoms with Crippen molar-refractivity contribution in [1.82, 2.24) is 9.62 Å². The number of hydrogen-bond donors (Lipinski definition) is 3. The second kappa shape index (κ2) is 5.38. The second-order valence-corrected chi connectivity index (χ2v) is 7.38. The second-order valence-electron chi connectivity index (χ2n) is 5.44. The van der Waals surface area contributed by atoms with Crippen LogP contribution in [0.15, 0.2) is 46.4 Å². The molecule has 7 nitrogen and oxygen atoms in total. The van der Waals surface area contributed by atoms with Crippen molar-refractivity contribution in [2.45, 2.75) is 23.4 Å². The van der Waals surface area contributed by atoms with E-state index in [0.29, 0.717) is 18.7 Å². The molecule has 1 atom stereocenters. The minimum Gasteiger partial charge on any atom is -0.370 e. The number of nitrogens with zero attached hydrogens (tertiary/aromatic N) is 2. The highest BCUT2D eigenvalue weighted by molar-refractivity contribution is 7.89. The molecule has 1 saturated heterocycles. The van der Waals surface area contributed by atoms with E-state index in [0.717, 1.165) is 12.8 Å². The van der Waals surface area contributed by atoms with E-state index in [1.54, 1.807) is 36.5 Å². The third-order valence-electron chi connectivity index (χ3n) is 3.87. The molecule has 2 aliphatic heterocycles. The number of nitrogens with two attached hydrogens (primary N) is 2. The Kier molecular flexibility index (Phi) is 3.67. The Morgan fingerprint density at radius 3 is 2.68 bits per heavy atom. The van der Waals surface area contributed by atoms with Gasteiger partial charge in [-0.15, -0.1) is 0 Å². The smallest absolute Gasteiger partial charge is 0.243 e. The summed E-state index contributed by atoms with van der Waals surface area (Å²) >= 11 is 0. The number of nitrogens with one attached hydrogen (secondary N) is 1. The first-order valence-electron chi connectivity index (χ1n) is 7.11. The summed E-state index contributed by atoms with van der Waals surface area (Å²) in [6.07, 6.45) is 5.04. The molecule has 0 amide bonds. The third-order valence-corrected chi connectivity index (χ3v) is 5.77. The Labute approximate surface area is 129 Å². The molecule has 0 saturated carbocycles. The first-order valence-corrected chi connectivity index (χ1v) is 8.55. The van der Waals surface area contributed by atoms with E-state index in [1.165, 1.54) is 4.31 Å². The molecule has 0 radical (unpaired) electrons. The predicted molar refractivity (Wildman–Crippen MR) is 84.2 cm³/mol. The van der Waals surface area contributed by atoms with E-state index in [1.807, 2.05) is 0 Å². The van der Waals surface area contributed by atoms with Crippen LogP contribution < -0.4 is 16.8 Å². The summed E-state index contributed by atoms with van der Waals surface area (Å²) in [5.74, 6) is 0.192. The molecule has 22 heavy (non-hydrogen) atoms. The quantitative estimate of drug-likeness (QED) is 0.726. The maximum absolute atomic E-state index is 12.6. The fourth-order valence-corrected chi connectivity index (χ4v) is 4.23. The molecule has 2 aliphatic rings. The maximum atomic E-state index is 12.6. The van der Waals surface area contributed by atoms with Gasteiger partial charge in [0.2, 0.25) is 10.0 Å². The van der Waals surface area contributed by atoms with Gasteiger partial charge in [-0.1, -0.05) is 12.1 Å². The zero-order valence-electron chi connectivity index (χ0n) is 12.1. The van der Waals surface area contributed by atoms with E-state index >= 15 is 0 Å². The Balaban J connectivity index is 2.00. The molecule has 1 fully saturated rings. The molecule has 0 bridgehead atoms. The van der Waals surface area contributed by atoms with Crippen molar-refractivity contribution in [2.24, 2.45) is 16.5 Å². The van der Waals surface area contributed by atoms with Crippen molar-refractivity contribution in [3.05, 3.63) is 42.1 Å². The van der Waals surface area contributed by atoms with Crippen molar-refractivity contribution < 1.29 is 8.42 Å². The van der Waals surface area contributed by atoms with Gasteiger partial charge in [0.25, 0.3) is 0 Å². The maximum Gasteiger partial charge on any atom is 0.243 e. The van der Waals surface area contributed by atoms with Crippen LogP contribution in [0.25, 0.3) is 0 Å². The van der Waals surface area contributed by atoms with Crippen LogP contribution in [-0.4, -0.2) is 31.8 Å². The van der Waals surface area contributed by atoms with Crippen molar-refractivity contribution in [3.8, 4) is 0 Å². The van der Waals surface area contributed by atoms with Crippen LogP contribution in [0.4, 0.5) is 0 Å². The minimum atomic E-state index is -3.48. The minimum absolute atomic E-state index is 0.192. The lowest BCUT2D eigenvalue weighted by Crippen LogP contribution is -2.42. The van der Waals surface area contributed by atoms with Gasteiger partial charge >= 0.3 is 0 Å². The molecule has 3 rings (SSSR count). The van der Waals surface area contributed by atoms with Crippen LogP contribution >= 0.6 is 0 Å². The fraction of sp³-hybridized carbons (Fsp3) is 0.357. The van der Waals surface area contributed by atoms with Crippen molar-refractivity contribution in [2.75, 3.05) is 13.1 Å². The molecule has 8 heteroatoms. The lowest BCUT2D eigenvalue weighted by Gasteiger charge is -2.26. The highest BCUT2D eigenvalue weighted by Gasteiger charge is 2.30. The summed E-state index contributed by atoms with van der Waals surface area (Å²) in [4.78, 5) is 4.40. The number of guanidine groups is 1. The monoisotopic (exact) mass is 321 g/mol. The van der Waals surface area contributed by atoms with Gasteiger partial charge in [-0.2, -0.15) is 4.31 Å². The SMILES string of the molecule is NC1=NC(N)(c2cccc(S(=O)(=O)N3CCCC3)c2)C=CN1. The molecule has 1 aromatic carbocycles. The normalized spacial score (nSPS) is 25.8. The first-order chi connectivity index (χ1) is 10.4. The molecule has 0 aliphatic carbocycles. The lowest BCUT2D eigenvalue weighted by atomic mass is 10.0. The average Bonchev–Trinajstić information content (AvgIpc) is 3.02. The Morgan fingerprint density at radius 2 is 2.00 bits per heavy atom. The Bertz CT molecular complexity index is 737. The van der Waals surface area contributed by atoms with Crippen LogP contribution in [0.5, 0.6) is 0 Å². The van der Waals surface area contributed by atoms with Gasteiger partial charge in [0.15, 0.2) is 11.6 Å². The number of sulfonamides is 1. The van der Waals surface area contributed by atoms with Gasteiger partial charge < -0.3 is 11.1 Å². The Morgan fingerprint density at radius 1 is 1.27 bits per heavy atom. The molecule has 5 N–H and O–H groups in total. The van der Waals surface area contributed by atoms with Gasteiger partial charge in [-0.3, -0.25) is 5.73 Å². The first kappa shape index (κ1) is 15.0. The standard InChI is InChI=1S/C14H19N5O2S/c15-13-17-7-6-14(16,18-13)11-4-3-5-12(10-11)22(20,21)19-8-1-2-9-19/h3-7,10H,1-2,8-9,16H2,(H3,15,17,18). The largest absolute Gasteiger partial charge is 0.370 e. The van der Waals surface area contributed by atoms with Gasteiger partial charge in [0, 0.05) is 19.3 Å². The zero-order valence-corrected chi connectivity index (χ0v) is 12.9. The van der Waals surface area contributed by atoms with E-state index in [2.05, 4.69) is 10.3 Å². The van der Waals surface area contributed by atoms with E-state index in [-0.39, 0.29) is 10.9 Å². The molecular weight excluding hydrogens is 302 g/mol. The topological polar surface area (TPSA) is 114 Å². The average molecular weight is 321 g/mol. The molecule has 118 valence electrons. The van der Waals surface area contributed by atoms with Crippen LogP contribution in [-0.2, 0) is 15.7 Å². The Hall–Kier alpha value is -1.90. The van der Waals surface area contributed by atoms with Crippen LogP contribution in [0.2, 0.25) is 0 Å². The number of aliphatic imine (C=N–C) groups is 1. The predicted octanol–water partition coefficient (Wildman–Crippen LogP) is 0.0142. The third kappa shape index (κ3) is 2.60. The van der Waals surface area contributed by atoms with Crippen LogP contribution in [0.1, 0.15) is 18.4 Å². The number of rotatable bonds is 3. The van der Waals surface area contributed by atoms with Crippen molar-refractivity contribution >= 4 is 16.0 Å². The summed E-state index contributed by atoms with van der Waals surface area (Å²) in [6, 6.07) is 6.57. The lowest BCUT2D eigenvalue weighted by molar-refractivity contribution is 0.477. The van der Waals surface area contributed by atoms with E-state index < -0.39 is 15.7 Å². The van der Waals surface area contributed by atoms with Gasteiger partial charge in [0.1, 0.15) is 0 Å². The molecule has 1 unspecified atom stereocenters. The van der Waals surface area contributed by atoms with Gasteiger partial charge in [-0.25, -0.2) is 13.4 Å². The van der Waals surface area contributed by atoms with E-state index in [9.17, 15) is 8.42 Å². The summed E-state index contributed by atoms with van der Waals surface area (Å²) in [5.41, 5.74) is 11.3. The molecule has 2 heterocycles. The summed E-state index contributed by atoms with van der Waals surface area (Å²) in [6.45, 7) is 1.13. The molecular formula is C14H19N5O2S. The summed E-state index contributed by atoms with van der Waals surface area (Å²) in [5, 5.41) is 2.74. The fourth-order valence-electron chi connectivity index (χ4n) is 2.67. The highest BCUT2D eigenvalue weighted by Crippen LogP contribution is 2.27. The number of benzene rings is 1.